The number of ether oxygens (including phenoxy) is 2. The first-order valence-corrected chi connectivity index (χ1v) is 11.2. The SMILES string of the molecule is CCOc1ccccc1NC(=O)N1CCC(S(=O)(=O)c2ccc(OC)cc2)CC1. The molecule has 0 aromatic heterocycles. The number of carbonyl (C=O) groups excluding carboxylic acids is 1. The number of rotatable bonds is 6. The molecule has 0 bridgehead atoms. The maximum atomic E-state index is 12.9. The maximum Gasteiger partial charge on any atom is 0.321 e. The van der Waals surface area contributed by atoms with Crippen LogP contribution in [0.1, 0.15) is 19.8 Å². The fourth-order valence-corrected chi connectivity index (χ4v) is 5.10. The standard InChI is InChI=1S/C21H26N2O5S/c1-3-28-20-7-5-4-6-19(20)22-21(24)23-14-12-18(13-15-23)29(25,26)17-10-8-16(27-2)9-11-17/h4-11,18H,3,12-15H2,1-2H3,(H,22,24). The molecule has 7 nitrogen and oxygen atoms in total. The van der Waals surface area contributed by atoms with Crippen LogP contribution in [0.15, 0.2) is 53.4 Å². The number of nitrogens with one attached hydrogen (secondary N) is 1. The van der Waals surface area contributed by atoms with E-state index >= 15 is 0 Å². The minimum atomic E-state index is -3.44. The van der Waals surface area contributed by atoms with E-state index in [0.717, 1.165) is 0 Å². The Hall–Kier alpha value is -2.74. The van der Waals surface area contributed by atoms with Crippen LogP contribution in [0.2, 0.25) is 0 Å². The number of piperidine rings is 1. The zero-order valence-electron chi connectivity index (χ0n) is 16.6. The van der Waals surface area contributed by atoms with Gasteiger partial charge in [-0.25, -0.2) is 13.2 Å². The molecule has 156 valence electrons. The summed E-state index contributed by atoms with van der Waals surface area (Å²) in [7, 11) is -1.90. The molecule has 0 radical (unpaired) electrons. The first kappa shape index (κ1) is 21.0. The van der Waals surface area contributed by atoms with E-state index in [9.17, 15) is 13.2 Å². The molecule has 3 rings (SSSR count). The van der Waals surface area contributed by atoms with Crippen molar-refractivity contribution in [3.63, 3.8) is 0 Å². The third-order valence-electron chi connectivity index (χ3n) is 4.98. The molecule has 29 heavy (non-hydrogen) atoms. The Bertz CT molecular complexity index is 936. The highest BCUT2D eigenvalue weighted by Crippen LogP contribution is 2.28. The van der Waals surface area contributed by atoms with Gasteiger partial charge >= 0.3 is 6.03 Å². The fourth-order valence-electron chi connectivity index (χ4n) is 3.37. The minimum absolute atomic E-state index is 0.252. The summed E-state index contributed by atoms with van der Waals surface area (Å²) in [5, 5.41) is 2.36. The number of hydrogen-bond donors (Lipinski definition) is 1. The smallest absolute Gasteiger partial charge is 0.321 e. The fraction of sp³-hybridized carbons (Fsp3) is 0.381. The molecule has 8 heteroatoms. The van der Waals surface area contributed by atoms with Crippen LogP contribution in [0, 0.1) is 0 Å². The zero-order chi connectivity index (χ0) is 20.9. The van der Waals surface area contributed by atoms with Crippen molar-refractivity contribution < 1.29 is 22.7 Å². The van der Waals surface area contributed by atoms with Crippen LogP contribution in [-0.2, 0) is 9.84 Å². The van der Waals surface area contributed by atoms with Gasteiger partial charge in [-0.2, -0.15) is 0 Å². The molecule has 1 aliphatic rings. The summed E-state index contributed by atoms with van der Waals surface area (Å²) < 4.78 is 36.4. The van der Waals surface area contributed by atoms with Crippen molar-refractivity contribution in [3.05, 3.63) is 48.5 Å². The van der Waals surface area contributed by atoms with Crippen LogP contribution in [0.3, 0.4) is 0 Å². The van der Waals surface area contributed by atoms with Crippen LogP contribution < -0.4 is 14.8 Å². The molecule has 1 aliphatic heterocycles. The number of carbonyl (C=O) groups is 1. The number of methoxy groups -OCH3 is 1. The third-order valence-corrected chi connectivity index (χ3v) is 7.26. The Morgan fingerprint density at radius 3 is 2.38 bits per heavy atom. The average molecular weight is 419 g/mol. The van der Waals surface area contributed by atoms with Crippen LogP contribution in [-0.4, -0.2) is 51.4 Å². The lowest BCUT2D eigenvalue weighted by Gasteiger charge is -2.32. The lowest BCUT2D eigenvalue weighted by atomic mass is 10.1. The zero-order valence-corrected chi connectivity index (χ0v) is 17.4. The monoisotopic (exact) mass is 418 g/mol. The number of likely N-dealkylation sites (tertiary alicyclic amines) is 1. The molecular formula is C21H26N2O5S. The summed E-state index contributed by atoms with van der Waals surface area (Å²) >= 11 is 0. The van der Waals surface area contributed by atoms with Crippen molar-refractivity contribution in [2.75, 3.05) is 32.1 Å². The highest BCUT2D eigenvalue weighted by Gasteiger charge is 2.32. The predicted octanol–water partition coefficient (Wildman–Crippen LogP) is 3.56. The summed E-state index contributed by atoms with van der Waals surface area (Å²) in [6.07, 6.45) is 0.795. The second-order valence-corrected chi connectivity index (χ2v) is 8.99. The molecule has 1 fully saturated rings. The Balaban J connectivity index is 1.61. The normalized spacial score (nSPS) is 15.0. The Morgan fingerprint density at radius 2 is 1.76 bits per heavy atom. The van der Waals surface area contributed by atoms with Gasteiger partial charge in [0.1, 0.15) is 11.5 Å². The maximum absolute atomic E-state index is 12.9. The number of anilines is 1. The second kappa shape index (κ2) is 9.17. The van der Waals surface area contributed by atoms with E-state index in [2.05, 4.69) is 5.32 Å². The topological polar surface area (TPSA) is 84.9 Å². The summed E-state index contributed by atoms with van der Waals surface area (Å²) in [4.78, 5) is 14.5. The molecule has 0 saturated carbocycles. The number of hydrogen-bond acceptors (Lipinski definition) is 5. The van der Waals surface area contributed by atoms with E-state index in [1.54, 1.807) is 41.3 Å². The van der Waals surface area contributed by atoms with Gasteiger partial charge in [0.05, 0.1) is 29.5 Å². The van der Waals surface area contributed by atoms with Gasteiger partial charge < -0.3 is 19.7 Å². The quantitative estimate of drug-likeness (QED) is 0.775. The molecule has 2 aromatic rings. The molecule has 0 unspecified atom stereocenters. The molecule has 2 aromatic carbocycles. The molecular weight excluding hydrogens is 392 g/mol. The largest absolute Gasteiger partial charge is 0.497 e. The highest BCUT2D eigenvalue weighted by molar-refractivity contribution is 7.92. The molecule has 1 saturated heterocycles. The lowest BCUT2D eigenvalue weighted by Crippen LogP contribution is -2.44. The highest BCUT2D eigenvalue weighted by atomic mass is 32.2. The van der Waals surface area contributed by atoms with E-state index in [1.165, 1.54) is 7.11 Å². The van der Waals surface area contributed by atoms with Crippen LogP contribution >= 0.6 is 0 Å². The van der Waals surface area contributed by atoms with Crippen molar-refractivity contribution in [2.45, 2.75) is 29.9 Å². The van der Waals surface area contributed by atoms with E-state index in [1.807, 2.05) is 19.1 Å². The van der Waals surface area contributed by atoms with Crippen LogP contribution in [0.25, 0.3) is 0 Å². The molecule has 0 spiro atoms. The predicted molar refractivity (Wildman–Crippen MR) is 111 cm³/mol. The number of benzene rings is 2. The third kappa shape index (κ3) is 4.82. The van der Waals surface area contributed by atoms with Gasteiger partial charge in [0.15, 0.2) is 9.84 Å². The van der Waals surface area contributed by atoms with E-state index in [-0.39, 0.29) is 10.9 Å². The van der Waals surface area contributed by atoms with Gasteiger partial charge in [0.25, 0.3) is 0 Å². The van der Waals surface area contributed by atoms with E-state index in [4.69, 9.17) is 9.47 Å². The first-order valence-electron chi connectivity index (χ1n) is 9.61. The van der Waals surface area contributed by atoms with E-state index < -0.39 is 15.1 Å². The number of amides is 2. The summed E-state index contributed by atoms with van der Waals surface area (Å²) in [5.41, 5.74) is 0.604. The molecule has 1 N–H and O–H groups in total. The second-order valence-electron chi connectivity index (χ2n) is 6.77. The van der Waals surface area contributed by atoms with Gasteiger partial charge in [-0.05, 0) is 56.2 Å². The van der Waals surface area contributed by atoms with Crippen LogP contribution in [0.5, 0.6) is 11.5 Å². The van der Waals surface area contributed by atoms with Gasteiger partial charge in [0.2, 0.25) is 0 Å². The number of urea groups is 1. The van der Waals surface area contributed by atoms with E-state index in [0.29, 0.717) is 49.7 Å². The molecule has 0 atom stereocenters. The minimum Gasteiger partial charge on any atom is -0.497 e. The van der Waals surface area contributed by atoms with Crippen molar-refractivity contribution in [3.8, 4) is 11.5 Å². The molecule has 2 amide bonds. The van der Waals surface area contributed by atoms with Crippen molar-refractivity contribution in [2.24, 2.45) is 0 Å². The van der Waals surface area contributed by atoms with Gasteiger partial charge in [-0.1, -0.05) is 12.1 Å². The summed E-state index contributed by atoms with van der Waals surface area (Å²) in [6, 6.07) is 13.4. The van der Waals surface area contributed by atoms with Crippen molar-refractivity contribution in [1.29, 1.82) is 0 Å². The summed E-state index contributed by atoms with van der Waals surface area (Å²) in [6.45, 7) is 3.14. The Morgan fingerprint density at radius 1 is 1.10 bits per heavy atom. The average Bonchev–Trinajstić information content (AvgIpc) is 2.75. The first-order chi connectivity index (χ1) is 14.0. The number of sulfone groups is 1. The Labute approximate surface area is 171 Å². The van der Waals surface area contributed by atoms with Crippen molar-refractivity contribution >= 4 is 21.6 Å². The van der Waals surface area contributed by atoms with Gasteiger partial charge in [-0.3, -0.25) is 0 Å². The molecule has 1 heterocycles. The van der Waals surface area contributed by atoms with Gasteiger partial charge in [-0.15, -0.1) is 0 Å². The summed E-state index contributed by atoms with van der Waals surface area (Å²) in [5.74, 6) is 1.23. The number of para-hydroxylation sites is 2. The molecule has 0 aliphatic carbocycles. The van der Waals surface area contributed by atoms with Gasteiger partial charge in [0, 0.05) is 13.1 Å². The van der Waals surface area contributed by atoms with Crippen molar-refractivity contribution in [1.82, 2.24) is 4.90 Å². The number of nitrogens with zero attached hydrogens (tertiary/aromatic N) is 1. The van der Waals surface area contributed by atoms with Crippen LogP contribution in [0.4, 0.5) is 10.5 Å². The Kier molecular flexibility index (Phi) is 6.64. The lowest BCUT2D eigenvalue weighted by molar-refractivity contribution is 0.200.